The largest absolute Gasteiger partial charge is 0.493 e. The van der Waals surface area contributed by atoms with Crippen LogP contribution in [0.5, 0.6) is 11.5 Å². The van der Waals surface area contributed by atoms with Crippen molar-refractivity contribution in [2.75, 3.05) is 40.5 Å². The fourth-order valence-electron chi connectivity index (χ4n) is 3.99. The van der Waals surface area contributed by atoms with Gasteiger partial charge in [0.1, 0.15) is 5.82 Å². The van der Waals surface area contributed by atoms with Crippen molar-refractivity contribution in [1.82, 2.24) is 14.5 Å². The Bertz CT molecular complexity index is 1080. The normalized spacial score (nSPS) is 14.6. The highest BCUT2D eigenvalue weighted by Crippen LogP contribution is 2.30. The Hall–Kier alpha value is -2.90. The van der Waals surface area contributed by atoms with Crippen molar-refractivity contribution in [3.63, 3.8) is 0 Å². The number of aryl methyl sites for hydroxylation is 1. The first-order chi connectivity index (χ1) is 15.2. The Kier molecular flexibility index (Phi) is 6.84. The Balaban J connectivity index is 1.69. The van der Waals surface area contributed by atoms with E-state index in [0.29, 0.717) is 48.7 Å². The summed E-state index contributed by atoms with van der Waals surface area (Å²) in [6.07, 6.45) is 1.77. The number of methoxy groups -OCH3 is 2. The van der Waals surface area contributed by atoms with Gasteiger partial charge in [-0.3, -0.25) is 14.3 Å². The minimum absolute atomic E-state index is 0.0396. The van der Waals surface area contributed by atoms with Crippen LogP contribution in [0.1, 0.15) is 17.8 Å². The quantitative estimate of drug-likeness (QED) is 0.555. The monoisotopic (exact) mass is 423 g/mol. The van der Waals surface area contributed by atoms with Gasteiger partial charge in [0.15, 0.2) is 11.5 Å². The lowest BCUT2D eigenvalue weighted by Gasteiger charge is -2.27. The summed E-state index contributed by atoms with van der Waals surface area (Å²) in [4.78, 5) is 20.7. The highest BCUT2D eigenvalue weighted by atomic mass is 16.5. The van der Waals surface area contributed by atoms with Gasteiger partial charge in [-0.25, -0.2) is 4.98 Å². The zero-order valence-electron chi connectivity index (χ0n) is 18.2. The summed E-state index contributed by atoms with van der Waals surface area (Å²) >= 11 is 0. The second kappa shape index (κ2) is 9.94. The van der Waals surface area contributed by atoms with Crippen LogP contribution in [0.15, 0.2) is 47.3 Å². The van der Waals surface area contributed by atoms with Gasteiger partial charge in [0.25, 0.3) is 5.56 Å². The van der Waals surface area contributed by atoms with Crippen LogP contribution in [0, 0.1) is 0 Å². The molecule has 1 aliphatic rings. The third kappa shape index (κ3) is 4.89. The topological polar surface area (TPSA) is 65.8 Å². The van der Waals surface area contributed by atoms with Gasteiger partial charge in [-0.1, -0.05) is 30.3 Å². The molecule has 3 aromatic rings. The zero-order chi connectivity index (χ0) is 21.6. The highest BCUT2D eigenvalue weighted by molar-refractivity contribution is 5.82. The van der Waals surface area contributed by atoms with E-state index < -0.39 is 0 Å². The fourth-order valence-corrected chi connectivity index (χ4v) is 3.99. The van der Waals surface area contributed by atoms with Crippen molar-refractivity contribution >= 4 is 10.9 Å². The molecule has 0 unspecified atom stereocenters. The van der Waals surface area contributed by atoms with Gasteiger partial charge < -0.3 is 14.2 Å². The summed E-state index contributed by atoms with van der Waals surface area (Å²) in [5.74, 6) is 1.88. The highest BCUT2D eigenvalue weighted by Gasteiger charge is 2.18. The standard InChI is InChI=1S/C24H29N3O4/c1-29-21-15-19-20(16-22(21)30-2)25-23(17-26-11-13-31-14-12-26)27(24(19)28)10-6-9-18-7-4-3-5-8-18/h3-5,7-8,15-16H,6,9-14,17H2,1-2H3. The summed E-state index contributed by atoms with van der Waals surface area (Å²) in [6, 6.07) is 13.9. The minimum atomic E-state index is -0.0396. The van der Waals surface area contributed by atoms with Gasteiger partial charge in [0, 0.05) is 25.7 Å². The molecular formula is C24H29N3O4. The fraction of sp³-hybridized carbons (Fsp3) is 0.417. The Morgan fingerprint density at radius 2 is 1.74 bits per heavy atom. The Labute approximate surface area is 182 Å². The molecule has 0 bridgehead atoms. The predicted octanol–water partition coefficient (Wildman–Crippen LogP) is 2.88. The van der Waals surface area contributed by atoms with E-state index >= 15 is 0 Å². The van der Waals surface area contributed by atoms with E-state index in [0.717, 1.165) is 31.8 Å². The van der Waals surface area contributed by atoms with Crippen molar-refractivity contribution in [3.05, 3.63) is 64.2 Å². The molecular weight excluding hydrogens is 394 g/mol. The van der Waals surface area contributed by atoms with Crippen LogP contribution < -0.4 is 15.0 Å². The maximum absolute atomic E-state index is 13.5. The molecule has 7 nitrogen and oxygen atoms in total. The molecule has 1 fully saturated rings. The summed E-state index contributed by atoms with van der Waals surface area (Å²) in [7, 11) is 3.16. The van der Waals surface area contributed by atoms with Gasteiger partial charge in [-0.05, 0) is 24.5 Å². The van der Waals surface area contributed by atoms with Crippen LogP contribution in [0.4, 0.5) is 0 Å². The van der Waals surface area contributed by atoms with Crippen LogP contribution in [0.2, 0.25) is 0 Å². The third-order valence-corrected chi connectivity index (χ3v) is 5.70. The number of fused-ring (bicyclic) bond motifs is 1. The van der Waals surface area contributed by atoms with E-state index in [-0.39, 0.29) is 5.56 Å². The van der Waals surface area contributed by atoms with E-state index in [4.69, 9.17) is 19.2 Å². The first-order valence-electron chi connectivity index (χ1n) is 10.7. The van der Waals surface area contributed by atoms with Gasteiger partial charge >= 0.3 is 0 Å². The summed E-state index contributed by atoms with van der Waals surface area (Å²) < 4.78 is 18.1. The molecule has 0 saturated carbocycles. The number of hydrogen-bond donors (Lipinski definition) is 0. The molecule has 0 N–H and O–H groups in total. The maximum atomic E-state index is 13.5. The average Bonchev–Trinajstić information content (AvgIpc) is 2.81. The summed E-state index contributed by atoms with van der Waals surface area (Å²) in [6.45, 7) is 4.32. The van der Waals surface area contributed by atoms with Gasteiger partial charge in [0.2, 0.25) is 0 Å². The van der Waals surface area contributed by atoms with E-state index in [1.54, 1.807) is 26.4 Å². The van der Waals surface area contributed by atoms with Gasteiger partial charge in [-0.2, -0.15) is 0 Å². The lowest BCUT2D eigenvalue weighted by atomic mass is 10.1. The van der Waals surface area contributed by atoms with Gasteiger partial charge in [-0.15, -0.1) is 0 Å². The summed E-state index contributed by atoms with van der Waals surface area (Å²) in [5, 5.41) is 0.545. The van der Waals surface area contributed by atoms with Gasteiger partial charge in [0.05, 0.1) is 44.9 Å². The van der Waals surface area contributed by atoms with Crippen LogP contribution >= 0.6 is 0 Å². The smallest absolute Gasteiger partial charge is 0.261 e. The molecule has 0 aliphatic carbocycles. The van der Waals surface area contributed by atoms with Crippen LogP contribution in [-0.4, -0.2) is 55.0 Å². The number of benzene rings is 2. The molecule has 0 radical (unpaired) electrons. The number of ether oxygens (including phenoxy) is 3. The Morgan fingerprint density at radius 3 is 2.45 bits per heavy atom. The number of morpholine rings is 1. The minimum Gasteiger partial charge on any atom is -0.493 e. The van der Waals surface area contributed by atoms with Crippen molar-refractivity contribution < 1.29 is 14.2 Å². The second-order valence-electron chi connectivity index (χ2n) is 7.69. The van der Waals surface area contributed by atoms with Crippen LogP contribution in [0.25, 0.3) is 10.9 Å². The first-order valence-corrected chi connectivity index (χ1v) is 10.7. The molecule has 1 aliphatic heterocycles. The molecule has 7 heteroatoms. The van der Waals surface area contributed by atoms with Crippen LogP contribution in [0.3, 0.4) is 0 Å². The molecule has 1 aromatic heterocycles. The zero-order valence-corrected chi connectivity index (χ0v) is 18.2. The number of aromatic nitrogens is 2. The Morgan fingerprint density at radius 1 is 1.03 bits per heavy atom. The SMILES string of the molecule is COc1cc2nc(CN3CCOCC3)n(CCCc3ccccc3)c(=O)c2cc1OC. The molecule has 1 saturated heterocycles. The third-order valence-electron chi connectivity index (χ3n) is 5.70. The molecule has 4 rings (SSSR count). The summed E-state index contributed by atoms with van der Waals surface area (Å²) in [5.41, 5.74) is 1.86. The molecule has 0 amide bonds. The van der Waals surface area contributed by atoms with E-state index in [2.05, 4.69) is 17.0 Å². The number of rotatable bonds is 8. The van der Waals surface area contributed by atoms with Crippen molar-refractivity contribution in [2.45, 2.75) is 25.9 Å². The molecule has 31 heavy (non-hydrogen) atoms. The molecule has 0 spiro atoms. The van der Waals surface area contributed by atoms with E-state index in [1.165, 1.54) is 5.56 Å². The lowest BCUT2D eigenvalue weighted by molar-refractivity contribution is 0.0324. The average molecular weight is 424 g/mol. The molecule has 2 heterocycles. The number of nitrogens with zero attached hydrogens (tertiary/aromatic N) is 3. The predicted molar refractivity (Wildman–Crippen MR) is 120 cm³/mol. The second-order valence-corrected chi connectivity index (χ2v) is 7.69. The van der Waals surface area contributed by atoms with Crippen molar-refractivity contribution in [1.29, 1.82) is 0 Å². The van der Waals surface area contributed by atoms with E-state index in [1.807, 2.05) is 22.8 Å². The van der Waals surface area contributed by atoms with Crippen molar-refractivity contribution in [2.24, 2.45) is 0 Å². The molecule has 2 aromatic carbocycles. The molecule has 164 valence electrons. The lowest BCUT2D eigenvalue weighted by Crippen LogP contribution is -2.38. The van der Waals surface area contributed by atoms with Crippen LogP contribution in [-0.2, 0) is 24.2 Å². The van der Waals surface area contributed by atoms with Crippen molar-refractivity contribution in [3.8, 4) is 11.5 Å². The molecule has 0 atom stereocenters. The first kappa shape index (κ1) is 21.3. The number of hydrogen-bond acceptors (Lipinski definition) is 6. The van der Waals surface area contributed by atoms with E-state index in [9.17, 15) is 4.79 Å². The maximum Gasteiger partial charge on any atom is 0.261 e.